The fraction of sp³-hybridized carbons (Fsp3) is 0.786. The van der Waals surface area contributed by atoms with Crippen LogP contribution in [0.3, 0.4) is 0 Å². The molecule has 1 aliphatic heterocycles. The van der Waals surface area contributed by atoms with Gasteiger partial charge in [0.05, 0.1) is 6.04 Å². The van der Waals surface area contributed by atoms with Gasteiger partial charge in [0, 0.05) is 0 Å². The minimum absolute atomic E-state index is 0.0338. The lowest BCUT2D eigenvalue weighted by atomic mass is 9.86. The zero-order valence-corrected chi connectivity index (χ0v) is 13.6. The molecule has 1 amide bonds. The van der Waals surface area contributed by atoms with E-state index >= 15 is 0 Å². The van der Waals surface area contributed by atoms with Crippen LogP contribution >= 0.6 is 0 Å². The number of hydrogen-bond donors (Lipinski definition) is 1. The Balaban J connectivity index is 2.91. The summed E-state index contributed by atoms with van der Waals surface area (Å²) in [5.41, 5.74) is 0.567. The summed E-state index contributed by atoms with van der Waals surface area (Å²) in [6.07, 6.45) is 2.10. The summed E-state index contributed by atoms with van der Waals surface area (Å²) in [5, 5.41) is 2.94. The highest BCUT2D eigenvalue weighted by Crippen LogP contribution is 2.34. The molecule has 0 bridgehead atoms. The molecule has 0 aromatic carbocycles. The van der Waals surface area contributed by atoms with E-state index in [1.54, 1.807) is 0 Å². The van der Waals surface area contributed by atoms with E-state index in [-0.39, 0.29) is 11.9 Å². The number of carbonyl (C=O) groups excluding carboxylic acids is 1. The normalized spacial score (nSPS) is 27.4. The minimum Gasteiger partial charge on any atom is -0.401 e. The summed E-state index contributed by atoms with van der Waals surface area (Å²) in [6.45, 7) is 12.6. The summed E-state index contributed by atoms with van der Waals surface area (Å²) in [5.74, 6) is 0.0391. The first-order chi connectivity index (χ1) is 8.33. The van der Waals surface area contributed by atoms with Crippen LogP contribution in [-0.4, -0.2) is 25.9 Å². The van der Waals surface area contributed by atoms with E-state index in [0.717, 1.165) is 18.1 Å². The third-order valence-corrected chi connectivity index (χ3v) is 8.92. The van der Waals surface area contributed by atoms with Crippen molar-refractivity contribution >= 4 is 14.2 Å². The molecular weight excluding hydrogens is 242 g/mol. The molecule has 1 heterocycles. The zero-order valence-electron chi connectivity index (χ0n) is 12.6. The molecule has 2 atom stereocenters. The first-order valence-electron chi connectivity index (χ1n) is 6.99. The maximum Gasteiger partial charge on any atom is 0.253 e. The van der Waals surface area contributed by atoms with Crippen LogP contribution in [0.2, 0.25) is 18.1 Å². The van der Waals surface area contributed by atoms with Crippen molar-refractivity contribution in [1.29, 1.82) is 0 Å². The molecule has 1 aliphatic rings. The maximum atomic E-state index is 11.9. The van der Waals surface area contributed by atoms with Crippen molar-refractivity contribution in [2.24, 2.45) is 0 Å². The topological polar surface area (TPSA) is 38.3 Å². The first-order valence-corrected chi connectivity index (χ1v) is 9.52. The van der Waals surface area contributed by atoms with Crippen molar-refractivity contribution in [3.05, 3.63) is 11.6 Å². The predicted octanol–water partition coefficient (Wildman–Crippen LogP) is 3.23. The molecule has 0 unspecified atom stereocenters. The second-order valence-electron chi connectivity index (χ2n) is 5.65. The van der Waals surface area contributed by atoms with Gasteiger partial charge in [0.2, 0.25) is 0 Å². The second-order valence-corrected chi connectivity index (χ2v) is 10.3. The Morgan fingerprint density at radius 1 is 1.33 bits per heavy atom. The molecule has 4 heteroatoms. The number of carbonyl (C=O) groups is 1. The number of amides is 1. The lowest BCUT2D eigenvalue weighted by molar-refractivity contribution is -0.151. The maximum absolute atomic E-state index is 11.9. The fourth-order valence-electron chi connectivity index (χ4n) is 2.55. The van der Waals surface area contributed by atoms with E-state index in [9.17, 15) is 4.79 Å². The quantitative estimate of drug-likeness (QED) is 0.457. The predicted molar refractivity (Wildman–Crippen MR) is 78.0 cm³/mol. The van der Waals surface area contributed by atoms with E-state index < -0.39 is 13.9 Å². The van der Waals surface area contributed by atoms with Crippen LogP contribution in [0.15, 0.2) is 11.6 Å². The van der Waals surface area contributed by atoms with E-state index in [0.29, 0.717) is 0 Å². The average molecular weight is 269 g/mol. The Hall–Kier alpha value is -0.613. The van der Waals surface area contributed by atoms with E-state index in [1.165, 1.54) is 5.57 Å². The molecule has 0 spiro atoms. The number of rotatable bonds is 6. The minimum atomic E-state index is -1.75. The van der Waals surface area contributed by atoms with Gasteiger partial charge < -0.3 is 9.74 Å². The summed E-state index contributed by atoms with van der Waals surface area (Å²) >= 11 is 0. The monoisotopic (exact) mass is 269 g/mol. The van der Waals surface area contributed by atoms with E-state index in [1.807, 2.05) is 6.92 Å². The van der Waals surface area contributed by atoms with Crippen LogP contribution in [0.4, 0.5) is 0 Å². The molecule has 0 aromatic heterocycles. The summed E-state index contributed by atoms with van der Waals surface area (Å²) in [4.78, 5) is 11.9. The van der Waals surface area contributed by atoms with Gasteiger partial charge in [-0.25, -0.2) is 0 Å². The molecule has 1 fully saturated rings. The number of hydrogen-bond acceptors (Lipinski definition) is 2. The number of β-lactam (4-membered cyclic amide) rings is 1. The highest BCUT2D eigenvalue weighted by atomic mass is 28.4. The van der Waals surface area contributed by atoms with Gasteiger partial charge in [0.1, 0.15) is 0 Å². The van der Waals surface area contributed by atoms with Gasteiger partial charge in [-0.2, -0.15) is 0 Å². The van der Waals surface area contributed by atoms with Crippen LogP contribution < -0.4 is 5.32 Å². The van der Waals surface area contributed by atoms with Gasteiger partial charge in [-0.05, 0) is 38.9 Å². The molecule has 0 aliphatic carbocycles. The van der Waals surface area contributed by atoms with Crippen molar-refractivity contribution in [3.8, 4) is 0 Å². The number of allylic oxidation sites excluding steroid dienone is 1. The van der Waals surface area contributed by atoms with Crippen molar-refractivity contribution in [2.75, 3.05) is 0 Å². The molecule has 1 rings (SSSR count). The Morgan fingerprint density at radius 2 is 1.83 bits per heavy atom. The largest absolute Gasteiger partial charge is 0.401 e. The highest BCUT2D eigenvalue weighted by Gasteiger charge is 2.54. The van der Waals surface area contributed by atoms with Crippen molar-refractivity contribution in [1.82, 2.24) is 5.32 Å². The summed E-state index contributed by atoms with van der Waals surface area (Å²) in [6, 6.07) is 3.26. The molecular formula is C14H27NO2Si. The standard InChI is InChI=1S/C14H27NO2Si/c1-7-18(8-2,9-3)17-14(6)12(10-11(4)5)15-13(14)16/h10,12H,7-9H2,1-6H3,(H,15,16)/t12-,14+/m0/s1. The number of nitrogens with one attached hydrogen (secondary N) is 1. The third kappa shape index (κ3) is 2.69. The third-order valence-electron chi connectivity index (χ3n) is 4.19. The van der Waals surface area contributed by atoms with Gasteiger partial charge in [-0.3, -0.25) is 4.79 Å². The molecule has 1 N–H and O–H groups in total. The van der Waals surface area contributed by atoms with Crippen molar-refractivity contribution < 1.29 is 9.22 Å². The molecule has 3 nitrogen and oxygen atoms in total. The molecule has 0 aromatic rings. The van der Waals surface area contributed by atoms with Gasteiger partial charge in [0.15, 0.2) is 13.9 Å². The highest BCUT2D eigenvalue weighted by molar-refractivity contribution is 6.73. The average Bonchev–Trinajstić information content (AvgIpc) is 2.35. The van der Waals surface area contributed by atoms with Crippen LogP contribution in [0, 0.1) is 0 Å². The van der Waals surface area contributed by atoms with Crippen LogP contribution in [-0.2, 0) is 9.22 Å². The van der Waals surface area contributed by atoms with E-state index in [2.05, 4.69) is 46.0 Å². The van der Waals surface area contributed by atoms with Crippen molar-refractivity contribution in [3.63, 3.8) is 0 Å². The zero-order chi connectivity index (χ0) is 14.0. The Labute approximate surface area is 112 Å². The van der Waals surface area contributed by atoms with Crippen molar-refractivity contribution in [2.45, 2.75) is 71.3 Å². The lowest BCUT2D eigenvalue weighted by Crippen LogP contribution is -2.73. The van der Waals surface area contributed by atoms with E-state index in [4.69, 9.17) is 4.43 Å². The van der Waals surface area contributed by atoms with Gasteiger partial charge in [-0.15, -0.1) is 0 Å². The molecule has 104 valence electrons. The first kappa shape index (κ1) is 15.4. The SMILES string of the molecule is CC[Si](CC)(CC)O[C@@]1(C)C(=O)N[C@H]1C=C(C)C. The summed E-state index contributed by atoms with van der Waals surface area (Å²) in [7, 11) is -1.75. The Bertz CT molecular complexity index is 337. The Morgan fingerprint density at radius 3 is 2.17 bits per heavy atom. The lowest BCUT2D eigenvalue weighted by Gasteiger charge is -2.49. The fourth-order valence-corrected chi connectivity index (χ4v) is 5.60. The Kier molecular flexibility index (Phi) is 4.78. The molecule has 0 radical (unpaired) electrons. The molecule has 0 saturated carbocycles. The molecule has 1 saturated heterocycles. The van der Waals surface area contributed by atoms with Gasteiger partial charge in [-0.1, -0.05) is 32.4 Å². The van der Waals surface area contributed by atoms with Gasteiger partial charge in [0.25, 0.3) is 5.91 Å². The van der Waals surface area contributed by atoms with Gasteiger partial charge >= 0.3 is 0 Å². The smallest absolute Gasteiger partial charge is 0.253 e. The van der Waals surface area contributed by atoms with Crippen LogP contribution in [0.1, 0.15) is 41.5 Å². The summed E-state index contributed by atoms with van der Waals surface area (Å²) < 4.78 is 6.42. The molecule has 18 heavy (non-hydrogen) atoms. The second kappa shape index (κ2) is 5.57. The van der Waals surface area contributed by atoms with Crippen LogP contribution in [0.5, 0.6) is 0 Å². The van der Waals surface area contributed by atoms with Crippen LogP contribution in [0.25, 0.3) is 0 Å².